The molecule has 22 heavy (non-hydrogen) atoms. The second-order valence-corrected chi connectivity index (χ2v) is 5.68. The van der Waals surface area contributed by atoms with E-state index < -0.39 is 0 Å². The molecule has 8 heteroatoms. The summed E-state index contributed by atoms with van der Waals surface area (Å²) in [6, 6.07) is 7.07. The monoisotopic (exact) mass is 320 g/mol. The van der Waals surface area contributed by atoms with E-state index in [1.807, 2.05) is 11.9 Å². The fourth-order valence-electron chi connectivity index (χ4n) is 2.62. The molecule has 1 aliphatic heterocycles. The molecule has 0 saturated carbocycles. The minimum atomic E-state index is 0.0143. The summed E-state index contributed by atoms with van der Waals surface area (Å²) in [4.78, 5) is 16.5. The normalized spacial score (nSPS) is 15.7. The van der Waals surface area contributed by atoms with Crippen molar-refractivity contribution >= 4 is 23.5 Å². The SMILES string of the molecule is Cn1nnnc1N1CCCN(C(=O)c2cccc(Cl)c2)CC1. The van der Waals surface area contributed by atoms with Crippen molar-refractivity contribution in [3.8, 4) is 0 Å². The van der Waals surface area contributed by atoms with E-state index in [-0.39, 0.29) is 5.91 Å². The molecule has 1 fully saturated rings. The van der Waals surface area contributed by atoms with Crippen LogP contribution < -0.4 is 4.90 Å². The van der Waals surface area contributed by atoms with Gasteiger partial charge in [0.05, 0.1) is 0 Å². The van der Waals surface area contributed by atoms with Gasteiger partial charge in [-0.15, -0.1) is 0 Å². The van der Waals surface area contributed by atoms with Gasteiger partial charge in [-0.1, -0.05) is 22.8 Å². The van der Waals surface area contributed by atoms with Gasteiger partial charge in [-0.25, -0.2) is 4.68 Å². The highest BCUT2D eigenvalue weighted by Crippen LogP contribution is 2.16. The first-order valence-corrected chi connectivity index (χ1v) is 7.55. The molecular weight excluding hydrogens is 304 g/mol. The van der Waals surface area contributed by atoms with Gasteiger partial charge in [0.15, 0.2) is 0 Å². The lowest BCUT2D eigenvalue weighted by Crippen LogP contribution is -2.35. The zero-order chi connectivity index (χ0) is 15.5. The molecule has 2 aromatic rings. The molecule has 7 nitrogen and oxygen atoms in total. The van der Waals surface area contributed by atoms with Gasteiger partial charge in [-0.05, 0) is 35.0 Å². The Hall–Kier alpha value is -2.15. The van der Waals surface area contributed by atoms with Crippen molar-refractivity contribution in [2.45, 2.75) is 6.42 Å². The Labute approximate surface area is 133 Å². The summed E-state index contributed by atoms with van der Waals surface area (Å²) >= 11 is 5.96. The average Bonchev–Trinajstić information content (AvgIpc) is 2.80. The minimum absolute atomic E-state index is 0.0143. The molecule has 1 saturated heterocycles. The molecule has 3 rings (SSSR count). The summed E-state index contributed by atoms with van der Waals surface area (Å²) < 4.78 is 1.65. The number of benzene rings is 1. The van der Waals surface area contributed by atoms with Gasteiger partial charge in [0.25, 0.3) is 5.91 Å². The van der Waals surface area contributed by atoms with Crippen LogP contribution in [0.4, 0.5) is 5.95 Å². The Bertz CT molecular complexity index is 673. The van der Waals surface area contributed by atoms with Crippen LogP contribution in [0.5, 0.6) is 0 Å². The molecule has 1 aromatic carbocycles. The Morgan fingerprint density at radius 2 is 2.09 bits per heavy atom. The Balaban J connectivity index is 1.70. The number of carbonyl (C=O) groups is 1. The number of hydrogen-bond donors (Lipinski definition) is 0. The number of nitrogens with zero attached hydrogens (tertiary/aromatic N) is 6. The van der Waals surface area contributed by atoms with E-state index in [0.29, 0.717) is 30.2 Å². The van der Waals surface area contributed by atoms with Crippen molar-refractivity contribution in [1.29, 1.82) is 0 Å². The summed E-state index contributed by atoms with van der Waals surface area (Å²) in [5, 5.41) is 12.1. The smallest absolute Gasteiger partial charge is 0.253 e. The van der Waals surface area contributed by atoms with E-state index in [2.05, 4.69) is 20.4 Å². The van der Waals surface area contributed by atoms with Gasteiger partial charge in [-0.2, -0.15) is 0 Å². The maximum atomic E-state index is 12.6. The van der Waals surface area contributed by atoms with Crippen LogP contribution in [0.1, 0.15) is 16.8 Å². The number of amides is 1. The van der Waals surface area contributed by atoms with Gasteiger partial charge in [0.1, 0.15) is 0 Å². The van der Waals surface area contributed by atoms with Crippen LogP contribution in [0.25, 0.3) is 0 Å². The van der Waals surface area contributed by atoms with Crippen molar-refractivity contribution in [3.05, 3.63) is 34.9 Å². The lowest BCUT2D eigenvalue weighted by atomic mass is 10.2. The Kier molecular flexibility index (Phi) is 4.24. The standard InChI is InChI=1S/C14H17ClN6O/c1-19-14(16-17-18-19)21-7-3-6-20(8-9-21)13(22)11-4-2-5-12(15)10-11/h2,4-5,10H,3,6-9H2,1H3. The second kappa shape index (κ2) is 6.31. The largest absolute Gasteiger partial charge is 0.338 e. The van der Waals surface area contributed by atoms with Crippen molar-refractivity contribution in [2.24, 2.45) is 7.05 Å². The lowest BCUT2D eigenvalue weighted by molar-refractivity contribution is 0.0767. The highest BCUT2D eigenvalue weighted by atomic mass is 35.5. The minimum Gasteiger partial charge on any atom is -0.338 e. The van der Waals surface area contributed by atoms with E-state index in [0.717, 1.165) is 18.9 Å². The zero-order valence-corrected chi connectivity index (χ0v) is 13.1. The summed E-state index contributed by atoms with van der Waals surface area (Å²) in [5.41, 5.74) is 0.626. The van der Waals surface area contributed by atoms with Crippen LogP contribution in [0.2, 0.25) is 5.02 Å². The van der Waals surface area contributed by atoms with Crippen LogP contribution in [0, 0.1) is 0 Å². The van der Waals surface area contributed by atoms with Gasteiger partial charge in [0, 0.05) is 43.8 Å². The third-order valence-electron chi connectivity index (χ3n) is 3.74. The predicted octanol–water partition coefficient (Wildman–Crippen LogP) is 1.22. The number of halogens is 1. The summed E-state index contributed by atoms with van der Waals surface area (Å²) in [7, 11) is 1.81. The molecular formula is C14H17ClN6O. The zero-order valence-electron chi connectivity index (χ0n) is 12.3. The van der Waals surface area contributed by atoms with Gasteiger partial charge in [-0.3, -0.25) is 4.79 Å². The van der Waals surface area contributed by atoms with E-state index >= 15 is 0 Å². The van der Waals surface area contributed by atoms with Crippen LogP contribution in [-0.4, -0.2) is 57.2 Å². The molecule has 1 aliphatic rings. The topological polar surface area (TPSA) is 67.2 Å². The molecule has 0 N–H and O–H groups in total. The van der Waals surface area contributed by atoms with Gasteiger partial charge < -0.3 is 9.80 Å². The maximum absolute atomic E-state index is 12.6. The molecule has 0 atom stereocenters. The number of aromatic nitrogens is 4. The maximum Gasteiger partial charge on any atom is 0.253 e. The summed E-state index contributed by atoms with van der Waals surface area (Å²) in [5.74, 6) is 0.748. The van der Waals surface area contributed by atoms with E-state index in [4.69, 9.17) is 11.6 Å². The Morgan fingerprint density at radius 3 is 2.82 bits per heavy atom. The van der Waals surface area contributed by atoms with Crippen LogP contribution in [0.15, 0.2) is 24.3 Å². The van der Waals surface area contributed by atoms with E-state index in [1.165, 1.54) is 0 Å². The molecule has 0 radical (unpaired) electrons. The predicted molar refractivity (Wildman–Crippen MR) is 83.0 cm³/mol. The van der Waals surface area contributed by atoms with Crippen LogP contribution in [-0.2, 0) is 7.05 Å². The summed E-state index contributed by atoms with van der Waals surface area (Å²) in [6.07, 6.45) is 0.874. The van der Waals surface area contributed by atoms with Crippen LogP contribution >= 0.6 is 11.6 Å². The first kappa shape index (κ1) is 14.8. The molecule has 0 bridgehead atoms. The molecule has 1 amide bonds. The number of hydrogen-bond acceptors (Lipinski definition) is 5. The van der Waals surface area contributed by atoms with E-state index in [1.54, 1.807) is 28.9 Å². The Morgan fingerprint density at radius 1 is 1.23 bits per heavy atom. The highest BCUT2D eigenvalue weighted by molar-refractivity contribution is 6.30. The average molecular weight is 321 g/mol. The first-order chi connectivity index (χ1) is 10.6. The third kappa shape index (κ3) is 3.04. The van der Waals surface area contributed by atoms with Crippen molar-refractivity contribution < 1.29 is 4.79 Å². The molecule has 1 aromatic heterocycles. The number of tetrazole rings is 1. The fourth-order valence-corrected chi connectivity index (χ4v) is 2.81. The van der Waals surface area contributed by atoms with Crippen molar-refractivity contribution in [2.75, 3.05) is 31.1 Å². The highest BCUT2D eigenvalue weighted by Gasteiger charge is 2.22. The molecule has 2 heterocycles. The molecule has 0 spiro atoms. The van der Waals surface area contributed by atoms with Crippen molar-refractivity contribution in [3.63, 3.8) is 0 Å². The lowest BCUT2D eigenvalue weighted by Gasteiger charge is -2.22. The second-order valence-electron chi connectivity index (χ2n) is 5.25. The number of carbonyl (C=O) groups excluding carboxylic acids is 1. The number of anilines is 1. The first-order valence-electron chi connectivity index (χ1n) is 7.17. The third-order valence-corrected chi connectivity index (χ3v) is 3.97. The quantitative estimate of drug-likeness (QED) is 0.832. The molecule has 0 unspecified atom stereocenters. The van der Waals surface area contributed by atoms with E-state index in [9.17, 15) is 4.79 Å². The van der Waals surface area contributed by atoms with Crippen molar-refractivity contribution in [1.82, 2.24) is 25.1 Å². The van der Waals surface area contributed by atoms with Crippen LogP contribution in [0.3, 0.4) is 0 Å². The molecule has 116 valence electrons. The number of rotatable bonds is 2. The van der Waals surface area contributed by atoms with Gasteiger partial charge >= 0.3 is 0 Å². The fraction of sp³-hybridized carbons (Fsp3) is 0.429. The summed E-state index contributed by atoms with van der Waals surface area (Å²) in [6.45, 7) is 2.89. The molecule has 0 aliphatic carbocycles. The number of aryl methyl sites for hydroxylation is 1. The van der Waals surface area contributed by atoms with Gasteiger partial charge in [0.2, 0.25) is 5.95 Å².